The molecule has 0 saturated heterocycles. The molecular weight excluding hydrogens is 384 g/mol. The highest BCUT2D eigenvalue weighted by atomic mass is 32.2. The maximum atomic E-state index is 13.0. The molecule has 0 spiro atoms. The molecule has 0 atom stereocenters. The van der Waals surface area contributed by atoms with Crippen molar-refractivity contribution in [3.8, 4) is 11.6 Å². The third-order valence-corrected chi connectivity index (χ3v) is 5.54. The molecule has 5 nitrogen and oxygen atoms in total. The average molecular weight is 411 g/mol. The van der Waals surface area contributed by atoms with Gasteiger partial charge in [-0.3, -0.25) is 0 Å². The van der Waals surface area contributed by atoms with E-state index in [4.69, 9.17) is 9.47 Å². The number of ether oxygens (including phenoxy) is 2. The molecule has 1 heterocycles. The number of esters is 1. The van der Waals surface area contributed by atoms with Gasteiger partial charge >= 0.3 is 5.97 Å². The molecule has 0 radical (unpaired) electrons. The van der Waals surface area contributed by atoms with E-state index in [2.05, 4.69) is 36.3 Å². The fourth-order valence-electron chi connectivity index (χ4n) is 2.83. The van der Waals surface area contributed by atoms with Crippen LogP contribution in [0.2, 0.25) is 0 Å². The van der Waals surface area contributed by atoms with Gasteiger partial charge in [0.1, 0.15) is 11.3 Å². The molecule has 6 heteroatoms. The Kier molecular flexibility index (Phi) is 6.03. The summed E-state index contributed by atoms with van der Waals surface area (Å²) in [5.74, 6) is 0.443. The van der Waals surface area contributed by atoms with Crippen LogP contribution in [0, 0.1) is 13.8 Å². The number of aromatic nitrogens is 2. The van der Waals surface area contributed by atoms with Crippen molar-refractivity contribution in [1.29, 1.82) is 0 Å². The van der Waals surface area contributed by atoms with Crippen LogP contribution in [-0.2, 0) is 5.54 Å². The summed E-state index contributed by atoms with van der Waals surface area (Å²) in [6.07, 6.45) is 0. The summed E-state index contributed by atoms with van der Waals surface area (Å²) >= 11 is 1.54. The summed E-state index contributed by atoms with van der Waals surface area (Å²) in [7, 11) is 1.54. The number of nitrogens with zero attached hydrogens (tertiary/aromatic N) is 2. The quantitative estimate of drug-likeness (QED) is 0.510. The molecule has 0 saturated carbocycles. The summed E-state index contributed by atoms with van der Waals surface area (Å²) in [4.78, 5) is 14.9. The number of carbonyl (C=O) groups excluding carboxylic acids is 1. The molecule has 0 amide bonds. The summed E-state index contributed by atoms with van der Waals surface area (Å²) in [6.45, 7) is 10.1. The number of benzene rings is 2. The Bertz CT molecular complexity index is 1020. The Hall–Kier alpha value is -2.73. The standard InChI is InChI=1S/C23H26N2O3S/c1-15-11-13-17(14-12-15)29-20-16(2)24-25(23(3,4)5)21(20)28-22(26)18-9-7-8-10-19(18)27-6/h7-14H,1-6H3. The second-order valence-electron chi connectivity index (χ2n) is 7.81. The number of rotatable bonds is 5. The number of methoxy groups -OCH3 is 1. The van der Waals surface area contributed by atoms with Gasteiger partial charge < -0.3 is 9.47 Å². The SMILES string of the molecule is COc1ccccc1C(=O)Oc1c(Sc2ccc(C)cc2)c(C)nn1C(C)(C)C. The largest absolute Gasteiger partial charge is 0.496 e. The topological polar surface area (TPSA) is 53.4 Å². The van der Waals surface area contributed by atoms with E-state index in [9.17, 15) is 4.79 Å². The van der Waals surface area contributed by atoms with Gasteiger partial charge in [0.2, 0.25) is 5.88 Å². The van der Waals surface area contributed by atoms with Gasteiger partial charge in [0.15, 0.2) is 0 Å². The van der Waals surface area contributed by atoms with E-state index in [1.165, 1.54) is 12.7 Å². The van der Waals surface area contributed by atoms with E-state index in [0.717, 1.165) is 15.5 Å². The van der Waals surface area contributed by atoms with Crippen LogP contribution in [-0.4, -0.2) is 22.9 Å². The molecule has 0 aliphatic rings. The van der Waals surface area contributed by atoms with Gasteiger partial charge in [-0.25, -0.2) is 9.48 Å². The third-order valence-electron chi connectivity index (χ3n) is 4.36. The lowest BCUT2D eigenvalue weighted by Gasteiger charge is -2.22. The number of para-hydroxylation sites is 1. The molecule has 152 valence electrons. The van der Waals surface area contributed by atoms with Crippen LogP contribution in [0.25, 0.3) is 0 Å². The Balaban J connectivity index is 2.03. The summed E-state index contributed by atoms with van der Waals surface area (Å²) in [5.41, 5.74) is 2.03. The zero-order chi connectivity index (χ0) is 21.2. The Labute approximate surface area is 176 Å². The lowest BCUT2D eigenvalue weighted by atomic mass is 10.1. The molecule has 0 unspecified atom stereocenters. The van der Waals surface area contributed by atoms with Crippen molar-refractivity contribution in [3.05, 3.63) is 65.4 Å². The zero-order valence-electron chi connectivity index (χ0n) is 17.6. The first-order chi connectivity index (χ1) is 13.7. The highest BCUT2D eigenvalue weighted by Gasteiger charge is 2.28. The summed E-state index contributed by atoms with van der Waals surface area (Å²) < 4.78 is 13.0. The van der Waals surface area contributed by atoms with E-state index < -0.39 is 5.97 Å². The van der Waals surface area contributed by atoms with Crippen molar-refractivity contribution >= 4 is 17.7 Å². The maximum absolute atomic E-state index is 13.0. The average Bonchev–Trinajstić information content (AvgIpc) is 2.99. The van der Waals surface area contributed by atoms with E-state index in [1.807, 2.05) is 33.8 Å². The molecule has 0 N–H and O–H groups in total. The molecular formula is C23H26N2O3S. The minimum atomic E-state index is -0.474. The number of aryl methyl sites for hydroxylation is 2. The lowest BCUT2D eigenvalue weighted by molar-refractivity contribution is 0.0700. The highest BCUT2D eigenvalue weighted by Crippen LogP contribution is 2.40. The van der Waals surface area contributed by atoms with E-state index in [-0.39, 0.29) is 5.54 Å². The first-order valence-electron chi connectivity index (χ1n) is 9.40. The highest BCUT2D eigenvalue weighted by molar-refractivity contribution is 7.99. The van der Waals surface area contributed by atoms with E-state index >= 15 is 0 Å². The second kappa shape index (κ2) is 8.33. The fraction of sp³-hybridized carbons (Fsp3) is 0.304. The molecule has 2 aromatic carbocycles. The molecule has 3 aromatic rings. The van der Waals surface area contributed by atoms with Crippen molar-refractivity contribution in [2.24, 2.45) is 0 Å². The van der Waals surface area contributed by atoms with Gasteiger partial charge in [-0.05, 0) is 58.9 Å². The lowest BCUT2D eigenvalue weighted by Crippen LogP contribution is -2.25. The van der Waals surface area contributed by atoms with Crippen LogP contribution in [0.4, 0.5) is 0 Å². The van der Waals surface area contributed by atoms with Gasteiger partial charge in [-0.15, -0.1) is 0 Å². The van der Waals surface area contributed by atoms with Crippen LogP contribution in [0.1, 0.15) is 42.4 Å². The molecule has 29 heavy (non-hydrogen) atoms. The van der Waals surface area contributed by atoms with Crippen molar-refractivity contribution in [1.82, 2.24) is 9.78 Å². The molecule has 0 fully saturated rings. The first kappa shape index (κ1) is 21.0. The molecule has 0 aliphatic carbocycles. The molecule has 0 bridgehead atoms. The second-order valence-corrected chi connectivity index (χ2v) is 8.89. The normalized spacial score (nSPS) is 11.4. The van der Waals surface area contributed by atoms with Crippen molar-refractivity contribution in [2.75, 3.05) is 7.11 Å². The van der Waals surface area contributed by atoms with Gasteiger partial charge in [-0.1, -0.05) is 41.6 Å². The minimum absolute atomic E-state index is 0.354. The fourth-order valence-corrected chi connectivity index (χ4v) is 3.75. The van der Waals surface area contributed by atoms with Crippen LogP contribution >= 0.6 is 11.8 Å². The number of carbonyl (C=O) groups is 1. The minimum Gasteiger partial charge on any atom is -0.496 e. The van der Waals surface area contributed by atoms with Crippen molar-refractivity contribution in [2.45, 2.75) is 49.9 Å². The summed E-state index contributed by atoms with van der Waals surface area (Å²) in [6, 6.07) is 15.3. The number of hydrogen-bond donors (Lipinski definition) is 0. The van der Waals surface area contributed by atoms with Crippen LogP contribution in [0.3, 0.4) is 0 Å². The van der Waals surface area contributed by atoms with E-state index in [1.54, 1.807) is 34.6 Å². The number of hydrogen-bond acceptors (Lipinski definition) is 5. The molecule has 3 rings (SSSR count). The molecule has 1 aromatic heterocycles. The van der Waals surface area contributed by atoms with Gasteiger partial charge in [0, 0.05) is 4.90 Å². The van der Waals surface area contributed by atoms with Crippen molar-refractivity contribution < 1.29 is 14.3 Å². The Morgan fingerprint density at radius 2 is 1.69 bits per heavy atom. The predicted molar refractivity (Wildman–Crippen MR) is 115 cm³/mol. The predicted octanol–water partition coefficient (Wildman–Crippen LogP) is 5.63. The first-order valence-corrected chi connectivity index (χ1v) is 10.2. The van der Waals surface area contributed by atoms with Crippen LogP contribution in [0.15, 0.2) is 58.3 Å². The monoisotopic (exact) mass is 410 g/mol. The van der Waals surface area contributed by atoms with Crippen molar-refractivity contribution in [3.63, 3.8) is 0 Å². The van der Waals surface area contributed by atoms with Crippen LogP contribution in [0.5, 0.6) is 11.6 Å². The Morgan fingerprint density at radius 1 is 1.03 bits per heavy atom. The van der Waals surface area contributed by atoms with Gasteiger partial charge in [0.25, 0.3) is 0 Å². The smallest absolute Gasteiger partial charge is 0.348 e. The Morgan fingerprint density at radius 3 is 2.31 bits per heavy atom. The van der Waals surface area contributed by atoms with Crippen LogP contribution < -0.4 is 9.47 Å². The molecule has 0 aliphatic heterocycles. The van der Waals surface area contributed by atoms with Gasteiger partial charge in [-0.2, -0.15) is 5.10 Å². The van der Waals surface area contributed by atoms with E-state index in [0.29, 0.717) is 17.2 Å². The third kappa shape index (κ3) is 4.65. The summed E-state index contributed by atoms with van der Waals surface area (Å²) in [5, 5.41) is 4.67. The zero-order valence-corrected chi connectivity index (χ0v) is 18.5. The van der Waals surface area contributed by atoms with Gasteiger partial charge in [0.05, 0.1) is 23.2 Å². The maximum Gasteiger partial charge on any atom is 0.348 e.